The normalized spacial score (nSPS) is 15.8. The van der Waals surface area contributed by atoms with Crippen LogP contribution in [-0.4, -0.2) is 28.8 Å². The summed E-state index contributed by atoms with van der Waals surface area (Å²) in [4.78, 5) is 11.0. The van der Waals surface area contributed by atoms with Crippen molar-refractivity contribution in [2.24, 2.45) is 0 Å². The van der Waals surface area contributed by atoms with Gasteiger partial charge in [0.2, 0.25) is 0 Å². The number of halogens is 2. The van der Waals surface area contributed by atoms with E-state index in [4.69, 9.17) is 21.4 Å². The minimum Gasteiger partial charge on any atom is -0.489 e. The highest BCUT2D eigenvalue weighted by Crippen LogP contribution is 2.27. The van der Waals surface area contributed by atoms with Gasteiger partial charge in [0, 0.05) is 17.6 Å². The van der Waals surface area contributed by atoms with E-state index in [0.29, 0.717) is 18.2 Å². The molecule has 1 aliphatic carbocycles. The average Bonchev–Trinajstić information content (AvgIpc) is 2.81. The van der Waals surface area contributed by atoms with Gasteiger partial charge in [-0.25, -0.2) is 4.79 Å². The number of nitrogens with one attached hydrogen (secondary N) is 1. The predicted octanol–water partition coefficient (Wildman–Crippen LogP) is 5.22. The molecule has 0 fully saturated rings. The molecule has 4 rings (SSSR count). The number of aliphatic hydroxyl groups is 1. The van der Waals surface area contributed by atoms with Gasteiger partial charge >= 0.3 is 5.97 Å². The molecule has 0 radical (unpaired) electrons. The first-order valence-corrected chi connectivity index (χ1v) is 11.1. The highest BCUT2D eigenvalue weighted by molar-refractivity contribution is 6.30. The van der Waals surface area contributed by atoms with Gasteiger partial charge < -0.3 is 20.3 Å². The first-order valence-electron chi connectivity index (χ1n) is 10.7. The maximum absolute atomic E-state index is 11.0. The number of aromatic carboxylic acids is 1. The van der Waals surface area contributed by atoms with Crippen LogP contribution >= 0.6 is 24.0 Å². The molecule has 33 heavy (non-hydrogen) atoms. The molecular formula is C26H27Cl2NO4. The van der Waals surface area contributed by atoms with Gasteiger partial charge in [-0.05, 0) is 77.9 Å². The SMILES string of the molecule is Cl.O=C(O)c1ccc(COc2ccc3c(c2)C[C@@H](NC[C@H](O)c2cccc(Cl)c2)CC3)cc1. The van der Waals surface area contributed by atoms with Crippen LogP contribution in [0.15, 0.2) is 66.7 Å². The van der Waals surface area contributed by atoms with Crippen LogP contribution in [0.2, 0.25) is 5.02 Å². The summed E-state index contributed by atoms with van der Waals surface area (Å²) in [5, 5.41) is 23.6. The van der Waals surface area contributed by atoms with Crippen LogP contribution in [0.4, 0.5) is 0 Å². The summed E-state index contributed by atoms with van der Waals surface area (Å²) in [6, 6.07) is 20.5. The number of aliphatic hydroxyl groups excluding tert-OH is 1. The van der Waals surface area contributed by atoms with E-state index in [1.54, 1.807) is 36.4 Å². The van der Waals surface area contributed by atoms with E-state index in [9.17, 15) is 9.90 Å². The number of hydrogen-bond acceptors (Lipinski definition) is 4. The number of benzene rings is 3. The molecule has 7 heteroatoms. The minimum atomic E-state index is -0.935. The fourth-order valence-electron chi connectivity index (χ4n) is 4.02. The molecule has 0 aliphatic heterocycles. The van der Waals surface area contributed by atoms with Crippen LogP contribution < -0.4 is 10.1 Å². The third-order valence-electron chi connectivity index (χ3n) is 5.85. The van der Waals surface area contributed by atoms with Gasteiger partial charge in [-0.1, -0.05) is 41.9 Å². The van der Waals surface area contributed by atoms with E-state index in [1.807, 2.05) is 18.2 Å². The van der Waals surface area contributed by atoms with Crippen molar-refractivity contribution in [1.82, 2.24) is 5.32 Å². The predicted molar refractivity (Wildman–Crippen MR) is 132 cm³/mol. The van der Waals surface area contributed by atoms with Gasteiger partial charge in [-0.15, -0.1) is 12.4 Å². The third-order valence-corrected chi connectivity index (χ3v) is 6.08. The lowest BCUT2D eigenvalue weighted by molar-refractivity contribution is 0.0697. The maximum Gasteiger partial charge on any atom is 0.335 e. The number of ether oxygens (including phenoxy) is 1. The molecule has 0 amide bonds. The van der Waals surface area contributed by atoms with Crippen LogP contribution in [0.3, 0.4) is 0 Å². The summed E-state index contributed by atoms with van der Waals surface area (Å²) in [5.74, 6) is -0.138. The van der Waals surface area contributed by atoms with Crippen molar-refractivity contribution in [2.75, 3.05) is 6.54 Å². The Hall–Kier alpha value is -2.57. The van der Waals surface area contributed by atoms with E-state index in [-0.39, 0.29) is 24.0 Å². The Bertz CT molecular complexity index is 1090. The van der Waals surface area contributed by atoms with Gasteiger partial charge in [-0.3, -0.25) is 0 Å². The van der Waals surface area contributed by atoms with Crippen molar-refractivity contribution in [3.05, 3.63) is 99.6 Å². The number of aryl methyl sites for hydroxylation is 1. The Morgan fingerprint density at radius 2 is 1.88 bits per heavy atom. The van der Waals surface area contributed by atoms with Crippen molar-refractivity contribution < 1.29 is 19.7 Å². The van der Waals surface area contributed by atoms with E-state index in [2.05, 4.69) is 17.4 Å². The van der Waals surface area contributed by atoms with Gasteiger partial charge in [0.05, 0.1) is 11.7 Å². The molecule has 0 saturated carbocycles. The number of carboxylic acids is 1. The molecule has 0 heterocycles. The second kappa shape index (κ2) is 11.5. The highest BCUT2D eigenvalue weighted by Gasteiger charge is 2.20. The molecule has 0 bridgehead atoms. The summed E-state index contributed by atoms with van der Waals surface area (Å²) in [6.07, 6.45) is 2.28. The Kier molecular flexibility index (Phi) is 8.75. The van der Waals surface area contributed by atoms with Crippen LogP contribution in [0.1, 0.15) is 45.1 Å². The van der Waals surface area contributed by atoms with Crippen molar-refractivity contribution in [3.8, 4) is 5.75 Å². The molecule has 0 aromatic heterocycles. The standard InChI is InChI=1S/C26H26ClNO4.ClH/c27-22-3-1-2-20(12-22)25(29)15-28-23-10-8-18-9-11-24(14-21(18)13-23)32-16-17-4-6-19(7-5-17)26(30)31;/h1-7,9,11-12,14,23,25,28-29H,8,10,13,15-16H2,(H,30,31);1H/t23-,25-;/m0./s1. The van der Waals surface area contributed by atoms with E-state index in [1.165, 1.54) is 11.1 Å². The summed E-state index contributed by atoms with van der Waals surface area (Å²) >= 11 is 6.03. The third kappa shape index (κ3) is 6.71. The lowest BCUT2D eigenvalue weighted by Crippen LogP contribution is -2.37. The van der Waals surface area contributed by atoms with E-state index in [0.717, 1.165) is 36.1 Å². The van der Waals surface area contributed by atoms with Crippen LogP contribution in [-0.2, 0) is 19.4 Å². The van der Waals surface area contributed by atoms with Crippen LogP contribution in [0, 0.1) is 0 Å². The zero-order valence-electron chi connectivity index (χ0n) is 18.0. The molecule has 3 aromatic rings. The lowest BCUT2D eigenvalue weighted by Gasteiger charge is -2.27. The molecule has 3 aromatic carbocycles. The molecule has 0 spiro atoms. The summed E-state index contributed by atoms with van der Waals surface area (Å²) < 4.78 is 5.94. The molecule has 0 saturated heterocycles. The van der Waals surface area contributed by atoms with E-state index < -0.39 is 12.1 Å². The number of rotatable bonds is 8. The van der Waals surface area contributed by atoms with Crippen LogP contribution in [0.25, 0.3) is 0 Å². The minimum absolute atomic E-state index is 0. The fourth-order valence-corrected chi connectivity index (χ4v) is 4.22. The Morgan fingerprint density at radius 1 is 1.09 bits per heavy atom. The average molecular weight is 488 g/mol. The largest absolute Gasteiger partial charge is 0.489 e. The zero-order chi connectivity index (χ0) is 22.5. The summed E-state index contributed by atoms with van der Waals surface area (Å²) in [7, 11) is 0. The zero-order valence-corrected chi connectivity index (χ0v) is 19.6. The van der Waals surface area contributed by atoms with Crippen molar-refractivity contribution >= 4 is 30.0 Å². The number of carboxylic acid groups (broad SMARTS) is 1. The summed E-state index contributed by atoms with van der Waals surface area (Å²) in [5.41, 5.74) is 4.58. The number of carbonyl (C=O) groups is 1. The monoisotopic (exact) mass is 487 g/mol. The Labute approximate surface area is 204 Å². The molecule has 5 nitrogen and oxygen atoms in total. The second-order valence-electron chi connectivity index (χ2n) is 8.14. The molecule has 2 atom stereocenters. The molecule has 1 aliphatic rings. The maximum atomic E-state index is 11.0. The van der Waals surface area contributed by atoms with E-state index >= 15 is 0 Å². The van der Waals surface area contributed by atoms with Gasteiger partial charge in [0.1, 0.15) is 12.4 Å². The lowest BCUT2D eigenvalue weighted by atomic mass is 9.88. The molecule has 0 unspecified atom stereocenters. The second-order valence-corrected chi connectivity index (χ2v) is 8.58. The number of fused-ring (bicyclic) bond motifs is 1. The highest BCUT2D eigenvalue weighted by atomic mass is 35.5. The quantitative estimate of drug-likeness (QED) is 0.405. The number of hydrogen-bond donors (Lipinski definition) is 3. The van der Waals surface area contributed by atoms with Crippen molar-refractivity contribution in [3.63, 3.8) is 0 Å². The van der Waals surface area contributed by atoms with Gasteiger partial charge in [0.25, 0.3) is 0 Å². The van der Waals surface area contributed by atoms with Crippen molar-refractivity contribution in [2.45, 2.75) is 38.0 Å². The molecular weight excluding hydrogens is 461 g/mol. The van der Waals surface area contributed by atoms with Gasteiger partial charge in [-0.2, -0.15) is 0 Å². The first kappa shape index (κ1) is 25.1. The fraction of sp³-hybridized carbons (Fsp3) is 0.269. The molecule has 174 valence electrons. The van der Waals surface area contributed by atoms with Crippen LogP contribution in [0.5, 0.6) is 5.75 Å². The first-order chi connectivity index (χ1) is 15.5. The molecule has 3 N–H and O–H groups in total. The van der Waals surface area contributed by atoms with Crippen molar-refractivity contribution in [1.29, 1.82) is 0 Å². The smallest absolute Gasteiger partial charge is 0.335 e. The summed E-state index contributed by atoms with van der Waals surface area (Å²) in [6.45, 7) is 0.856. The topological polar surface area (TPSA) is 78.8 Å². The Balaban J connectivity index is 0.00000306. The Morgan fingerprint density at radius 3 is 2.61 bits per heavy atom. The van der Waals surface area contributed by atoms with Gasteiger partial charge in [0.15, 0.2) is 0 Å².